The van der Waals surface area contributed by atoms with E-state index < -0.39 is 0 Å². The molecule has 0 bridgehead atoms. The first kappa shape index (κ1) is 21.5. The van der Waals surface area contributed by atoms with Crippen LogP contribution in [0.2, 0.25) is 0 Å². The third-order valence-electron chi connectivity index (χ3n) is 4.55. The molecule has 1 atom stereocenters. The number of halogens is 1. The monoisotopic (exact) mass is 475 g/mol. The summed E-state index contributed by atoms with van der Waals surface area (Å²) in [5, 5.41) is -0.277. The third-order valence-corrected chi connectivity index (χ3v) is 6.23. The van der Waals surface area contributed by atoms with E-state index in [0.29, 0.717) is 16.4 Å². The normalized spacial score (nSPS) is 16.4. The number of nitrogens with zero attached hydrogens (tertiary/aromatic N) is 1. The Hall–Kier alpha value is -2.25. The molecule has 2 amide bonds. The minimum Gasteiger partial charge on any atom is -0.493 e. The summed E-state index contributed by atoms with van der Waals surface area (Å²) in [6.07, 6.45) is 2.67. The summed E-state index contributed by atoms with van der Waals surface area (Å²) in [7, 11) is 1.58. The number of carbonyl (C=O) groups is 2. The van der Waals surface area contributed by atoms with Crippen LogP contribution in [0.15, 0.2) is 51.8 Å². The van der Waals surface area contributed by atoms with Crippen LogP contribution >= 0.6 is 27.7 Å². The molecule has 0 unspecified atom stereocenters. The average molecular weight is 476 g/mol. The number of imide groups is 1. The quantitative estimate of drug-likeness (QED) is 0.468. The van der Waals surface area contributed by atoms with Crippen molar-refractivity contribution in [2.45, 2.75) is 32.9 Å². The van der Waals surface area contributed by atoms with Gasteiger partial charge >= 0.3 is 0 Å². The molecule has 1 saturated heterocycles. The van der Waals surface area contributed by atoms with Crippen LogP contribution < -0.4 is 9.47 Å². The van der Waals surface area contributed by atoms with E-state index in [1.54, 1.807) is 19.3 Å². The highest BCUT2D eigenvalue weighted by Crippen LogP contribution is 2.36. The Morgan fingerprint density at radius 1 is 1.17 bits per heavy atom. The predicted molar refractivity (Wildman–Crippen MR) is 119 cm³/mol. The molecule has 3 rings (SSSR count). The standard InChI is InChI=1S/C22H22BrNO4S/c1-4-14(2)28-18-10-9-15(11-19(18)27-3)12-20-21(25)24(22(26)29-20)13-16-7-5-6-8-17(16)23/h5-12,14H,4,13H2,1-3H3/b20-12-/t14-/m1/s1. The lowest BCUT2D eigenvalue weighted by Crippen LogP contribution is -2.27. The van der Waals surface area contributed by atoms with E-state index in [2.05, 4.69) is 22.9 Å². The summed E-state index contributed by atoms with van der Waals surface area (Å²) in [4.78, 5) is 26.8. The number of hydrogen-bond acceptors (Lipinski definition) is 5. The molecule has 1 heterocycles. The van der Waals surface area contributed by atoms with Crippen molar-refractivity contribution < 1.29 is 19.1 Å². The van der Waals surface area contributed by atoms with Crippen molar-refractivity contribution in [3.05, 3.63) is 63.0 Å². The molecule has 1 aliphatic heterocycles. The summed E-state index contributed by atoms with van der Waals surface area (Å²) in [5.41, 5.74) is 1.65. The molecule has 5 nitrogen and oxygen atoms in total. The maximum absolute atomic E-state index is 12.8. The largest absolute Gasteiger partial charge is 0.493 e. The van der Waals surface area contributed by atoms with Crippen LogP contribution in [0, 0.1) is 0 Å². The summed E-state index contributed by atoms with van der Waals surface area (Å²) in [6, 6.07) is 13.0. The lowest BCUT2D eigenvalue weighted by Gasteiger charge is -2.16. The first-order valence-electron chi connectivity index (χ1n) is 9.26. The summed E-state index contributed by atoms with van der Waals surface area (Å²) in [6.45, 7) is 4.28. The first-order chi connectivity index (χ1) is 13.9. The highest BCUT2D eigenvalue weighted by atomic mass is 79.9. The van der Waals surface area contributed by atoms with Crippen LogP contribution in [0.4, 0.5) is 4.79 Å². The van der Waals surface area contributed by atoms with Crippen molar-refractivity contribution in [1.29, 1.82) is 0 Å². The summed E-state index contributed by atoms with van der Waals surface area (Å²) < 4.78 is 12.2. The maximum Gasteiger partial charge on any atom is 0.293 e. The Labute approximate surface area is 183 Å². The number of benzene rings is 2. The highest BCUT2D eigenvalue weighted by Gasteiger charge is 2.35. The fourth-order valence-electron chi connectivity index (χ4n) is 2.76. The Bertz CT molecular complexity index is 960. The first-order valence-corrected chi connectivity index (χ1v) is 10.9. The molecule has 7 heteroatoms. The minimum absolute atomic E-state index is 0.0727. The van der Waals surface area contributed by atoms with Gasteiger partial charge in [0.25, 0.3) is 11.1 Å². The third kappa shape index (κ3) is 5.03. The van der Waals surface area contributed by atoms with E-state index in [-0.39, 0.29) is 23.8 Å². The van der Waals surface area contributed by atoms with E-state index in [9.17, 15) is 9.59 Å². The molecule has 2 aromatic carbocycles. The molecule has 0 spiro atoms. The van der Waals surface area contributed by atoms with E-state index >= 15 is 0 Å². The Kier molecular flexibility index (Phi) is 7.03. The van der Waals surface area contributed by atoms with Gasteiger partial charge < -0.3 is 9.47 Å². The van der Waals surface area contributed by atoms with Crippen molar-refractivity contribution in [2.24, 2.45) is 0 Å². The fourth-order valence-corrected chi connectivity index (χ4v) is 4.00. The lowest BCUT2D eigenvalue weighted by molar-refractivity contribution is -0.123. The molecule has 29 heavy (non-hydrogen) atoms. The zero-order valence-electron chi connectivity index (χ0n) is 16.5. The van der Waals surface area contributed by atoms with Crippen molar-refractivity contribution in [3.8, 4) is 11.5 Å². The average Bonchev–Trinajstić information content (AvgIpc) is 2.97. The molecule has 0 saturated carbocycles. The highest BCUT2D eigenvalue weighted by molar-refractivity contribution is 9.10. The van der Waals surface area contributed by atoms with Gasteiger partial charge in [0.15, 0.2) is 11.5 Å². The molecule has 152 valence electrons. The van der Waals surface area contributed by atoms with Crippen LogP contribution in [0.3, 0.4) is 0 Å². The smallest absolute Gasteiger partial charge is 0.293 e. The van der Waals surface area contributed by atoms with Crippen molar-refractivity contribution in [1.82, 2.24) is 4.90 Å². The molecule has 0 aromatic heterocycles. The van der Waals surface area contributed by atoms with Crippen LogP contribution in [-0.4, -0.2) is 29.3 Å². The fraction of sp³-hybridized carbons (Fsp3) is 0.273. The van der Waals surface area contributed by atoms with E-state index in [0.717, 1.165) is 33.8 Å². The van der Waals surface area contributed by atoms with E-state index in [1.807, 2.05) is 43.3 Å². The second-order valence-corrected chi connectivity index (χ2v) is 8.45. The van der Waals surface area contributed by atoms with Gasteiger partial charge in [-0.3, -0.25) is 14.5 Å². The number of methoxy groups -OCH3 is 1. The molecule has 1 fully saturated rings. The Morgan fingerprint density at radius 3 is 2.62 bits per heavy atom. The zero-order valence-corrected chi connectivity index (χ0v) is 18.9. The molecule has 0 N–H and O–H groups in total. The summed E-state index contributed by atoms with van der Waals surface area (Å²) >= 11 is 4.41. The molecule has 2 aromatic rings. The summed E-state index contributed by atoms with van der Waals surface area (Å²) in [5.74, 6) is 0.946. The van der Waals surface area contributed by atoms with Gasteiger partial charge in [-0.25, -0.2) is 0 Å². The number of hydrogen-bond donors (Lipinski definition) is 0. The number of thioether (sulfide) groups is 1. The van der Waals surface area contributed by atoms with Crippen molar-refractivity contribution in [2.75, 3.05) is 7.11 Å². The van der Waals surface area contributed by atoms with Crippen molar-refractivity contribution in [3.63, 3.8) is 0 Å². The second-order valence-electron chi connectivity index (χ2n) is 6.61. The molecule has 0 radical (unpaired) electrons. The van der Waals surface area contributed by atoms with E-state index in [1.165, 1.54) is 4.90 Å². The second kappa shape index (κ2) is 9.50. The maximum atomic E-state index is 12.8. The molecular formula is C22H22BrNO4S. The number of carbonyl (C=O) groups excluding carboxylic acids is 2. The lowest BCUT2D eigenvalue weighted by atomic mass is 10.1. The molecular weight excluding hydrogens is 454 g/mol. The van der Waals surface area contributed by atoms with Gasteiger partial charge in [-0.15, -0.1) is 0 Å². The molecule has 1 aliphatic rings. The zero-order chi connectivity index (χ0) is 21.0. The van der Waals surface area contributed by atoms with Gasteiger partial charge in [-0.2, -0.15) is 0 Å². The molecule has 0 aliphatic carbocycles. The van der Waals surface area contributed by atoms with E-state index in [4.69, 9.17) is 9.47 Å². The predicted octanol–water partition coefficient (Wildman–Crippen LogP) is 5.87. The van der Waals surface area contributed by atoms with Crippen LogP contribution in [0.5, 0.6) is 11.5 Å². The number of amides is 2. The van der Waals surface area contributed by atoms with Crippen LogP contribution in [0.25, 0.3) is 6.08 Å². The Balaban J connectivity index is 1.81. The minimum atomic E-state index is -0.297. The van der Waals surface area contributed by atoms with Crippen LogP contribution in [-0.2, 0) is 11.3 Å². The Morgan fingerprint density at radius 2 is 1.93 bits per heavy atom. The van der Waals surface area contributed by atoms with Gasteiger partial charge in [0.1, 0.15) is 0 Å². The van der Waals surface area contributed by atoms with Gasteiger partial charge in [0.2, 0.25) is 0 Å². The SMILES string of the molecule is CC[C@@H](C)Oc1ccc(/C=C2\SC(=O)N(Cc3ccccc3Br)C2=O)cc1OC. The van der Waals surface area contributed by atoms with Crippen molar-refractivity contribution >= 4 is 44.9 Å². The van der Waals surface area contributed by atoms with Gasteiger partial charge in [0.05, 0.1) is 24.7 Å². The van der Waals surface area contributed by atoms with Gasteiger partial charge in [-0.05, 0) is 60.5 Å². The number of ether oxygens (including phenoxy) is 2. The topological polar surface area (TPSA) is 55.8 Å². The van der Waals surface area contributed by atoms with Gasteiger partial charge in [0, 0.05) is 4.47 Å². The van der Waals surface area contributed by atoms with Crippen LogP contribution in [0.1, 0.15) is 31.4 Å². The number of rotatable bonds is 7. The van der Waals surface area contributed by atoms with Gasteiger partial charge in [-0.1, -0.05) is 47.1 Å².